The summed E-state index contributed by atoms with van der Waals surface area (Å²) in [4.78, 5) is 14.1. The average molecular weight is 266 g/mol. The Morgan fingerprint density at radius 3 is 3.05 bits per heavy atom. The molecule has 106 valence electrons. The number of nitrogens with one attached hydrogen (secondary N) is 1. The maximum Gasteiger partial charge on any atom is 0.268 e. The summed E-state index contributed by atoms with van der Waals surface area (Å²) in [6, 6.07) is 1.67. The number of anilines is 1. The van der Waals surface area contributed by atoms with Crippen molar-refractivity contribution in [1.29, 1.82) is 0 Å². The fourth-order valence-electron chi connectivity index (χ4n) is 2.33. The number of aryl methyl sites for hydroxylation is 1. The summed E-state index contributed by atoms with van der Waals surface area (Å²) in [6.45, 7) is 3.29. The first-order chi connectivity index (χ1) is 9.24. The number of hydrogen-bond donors (Lipinski definition) is 1. The van der Waals surface area contributed by atoms with Gasteiger partial charge >= 0.3 is 0 Å². The van der Waals surface area contributed by atoms with Crippen LogP contribution in [0.15, 0.2) is 17.1 Å². The van der Waals surface area contributed by atoms with E-state index >= 15 is 0 Å². The minimum Gasteiger partial charge on any atom is -0.380 e. The minimum absolute atomic E-state index is 0.0329. The number of aromatic nitrogens is 2. The van der Waals surface area contributed by atoms with Gasteiger partial charge in [0.1, 0.15) is 0 Å². The quantitative estimate of drug-likeness (QED) is 0.739. The van der Waals surface area contributed by atoms with Crippen LogP contribution in [0.4, 0.5) is 5.69 Å². The highest BCUT2D eigenvalue weighted by Gasteiger charge is 2.22. The fraction of sp³-hybridized carbons (Fsp3) is 0.692. The number of rotatable bonds is 6. The number of ether oxygens (including phenoxy) is 1. The van der Waals surface area contributed by atoms with E-state index < -0.39 is 0 Å². The predicted octanol–water partition coefficient (Wildman–Crippen LogP) is 0.0779. The van der Waals surface area contributed by atoms with E-state index in [4.69, 9.17) is 4.74 Å². The topological polar surface area (TPSA) is 59.4 Å². The Bertz CT molecular complexity index is 460. The van der Waals surface area contributed by atoms with Gasteiger partial charge in [-0.3, -0.25) is 4.79 Å². The summed E-state index contributed by atoms with van der Waals surface area (Å²) < 4.78 is 6.85. The van der Waals surface area contributed by atoms with Crippen LogP contribution in [0.5, 0.6) is 0 Å². The average Bonchev–Trinajstić information content (AvgIpc) is 2.89. The number of nitrogens with zero attached hydrogens (tertiary/aromatic N) is 3. The van der Waals surface area contributed by atoms with Gasteiger partial charge in [-0.25, -0.2) is 4.68 Å². The Morgan fingerprint density at radius 2 is 2.42 bits per heavy atom. The number of hydrogen-bond acceptors (Lipinski definition) is 5. The smallest absolute Gasteiger partial charge is 0.268 e. The van der Waals surface area contributed by atoms with Crippen molar-refractivity contribution < 1.29 is 4.74 Å². The Hall–Kier alpha value is -1.40. The molecule has 0 aromatic carbocycles. The Labute approximate surface area is 113 Å². The van der Waals surface area contributed by atoms with Gasteiger partial charge in [0.2, 0.25) is 0 Å². The van der Waals surface area contributed by atoms with Crippen molar-refractivity contribution in [2.45, 2.75) is 25.5 Å². The minimum atomic E-state index is -0.0329. The first kappa shape index (κ1) is 14.0. The van der Waals surface area contributed by atoms with E-state index in [0.717, 1.165) is 38.2 Å². The van der Waals surface area contributed by atoms with Gasteiger partial charge in [-0.15, -0.1) is 0 Å². The monoisotopic (exact) mass is 266 g/mol. The Morgan fingerprint density at radius 1 is 1.58 bits per heavy atom. The molecule has 1 aliphatic rings. The Balaban J connectivity index is 2.00. The molecule has 6 heteroatoms. The lowest BCUT2D eigenvalue weighted by molar-refractivity contribution is 0.121. The normalized spacial score (nSPS) is 19.1. The lowest BCUT2D eigenvalue weighted by Gasteiger charge is -2.18. The van der Waals surface area contributed by atoms with Crippen molar-refractivity contribution in [3.8, 4) is 0 Å². The van der Waals surface area contributed by atoms with Gasteiger partial charge in [-0.05, 0) is 26.4 Å². The van der Waals surface area contributed by atoms with Crippen LogP contribution in [0.25, 0.3) is 0 Å². The zero-order valence-corrected chi connectivity index (χ0v) is 11.6. The van der Waals surface area contributed by atoms with Crippen LogP contribution in [0.1, 0.15) is 12.8 Å². The van der Waals surface area contributed by atoms with E-state index in [2.05, 4.69) is 15.3 Å². The molecule has 2 rings (SSSR count). The maximum absolute atomic E-state index is 12.0. The summed E-state index contributed by atoms with van der Waals surface area (Å²) >= 11 is 0. The van der Waals surface area contributed by atoms with Crippen LogP contribution >= 0.6 is 0 Å². The van der Waals surface area contributed by atoms with Gasteiger partial charge in [0.25, 0.3) is 5.56 Å². The molecule has 0 amide bonds. The molecule has 1 atom stereocenters. The zero-order chi connectivity index (χ0) is 13.7. The molecule has 0 saturated carbocycles. The van der Waals surface area contributed by atoms with E-state index in [1.165, 1.54) is 4.68 Å². The van der Waals surface area contributed by atoms with Crippen LogP contribution in [0.2, 0.25) is 0 Å². The molecule has 1 aromatic rings. The molecule has 0 spiro atoms. The highest BCUT2D eigenvalue weighted by Crippen LogP contribution is 2.19. The maximum atomic E-state index is 12.0. The van der Waals surface area contributed by atoms with Crippen LogP contribution in [-0.4, -0.2) is 49.7 Å². The van der Waals surface area contributed by atoms with E-state index in [1.807, 2.05) is 7.05 Å². The molecule has 2 heterocycles. The largest absolute Gasteiger partial charge is 0.380 e. The summed E-state index contributed by atoms with van der Waals surface area (Å²) in [5.74, 6) is 0. The highest BCUT2D eigenvalue weighted by molar-refractivity contribution is 5.44. The lowest BCUT2D eigenvalue weighted by atomic mass is 10.3. The van der Waals surface area contributed by atoms with Crippen molar-refractivity contribution >= 4 is 5.69 Å². The molecule has 1 fully saturated rings. The predicted molar refractivity (Wildman–Crippen MR) is 74.7 cm³/mol. The van der Waals surface area contributed by atoms with Gasteiger partial charge in [-0.2, -0.15) is 5.10 Å². The molecule has 1 saturated heterocycles. The number of methoxy groups -OCH3 is 1. The third-order valence-corrected chi connectivity index (χ3v) is 3.50. The summed E-state index contributed by atoms with van der Waals surface area (Å²) in [5.41, 5.74) is 0.865. The van der Waals surface area contributed by atoms with Gasteiger partial charge < -0.3 is 15.0 Å². The molecule has 1 aliphatic heterocycles. The molecule has 1 aromatic heterocycles. The van der Waals surface area contributed by atoms with Gasteiger partial charge in [0, 0.05) is 32.8 Å². The Kier molecular flexibility index (Phi) is 4.93. The van der Waals surface area contributed by atoms with Crippen molar-refractivity contribution in [2.24, 2.45) is 0 Å². The summed E-state index contributed by atoms with van der Waals surface area (Å²) in [6.07, 6.45) is 3.94. The van der Waals surface area contributed by atoms with Gasteiger partial charge in [0.05, 0.1) is 18.0 Å². The van der Waals surface area contributed by atoms with Gasteiger partial charge in [-0.1, -0.05) is 0 Å². The molecule has 1 N–H and O–H groups in total. The second kappa shape index (κ2) is 6.68. The fourth-order valence-corrected chi connectivity index (χ4v) is 2.33. The van der Waals surface area contributed by atoms with Crippen molar-refractivity contribution in [3.05, 3.63) is 22.6 Å². The molecule has 1 unspecified atom stereocenters. The molecule has 6 nitrogen and oxygen atoms in total. The molecular weight excluding hydrogens is 244 g/mol. The molecular formula is C13H22N4O2. The molecule has 19 heavy (non-hydrogen) atoms. The van der Waals surface area contributed by atoms with E-state index in [0.29, 0.717) is 6.54 Å². The van der Waals surface area contributed by atoms with Crippen LogP contribution in [0, 0.1) is 0 Å². The zero-order valence-electron chi connectivity index (χ0n) is 11.6. The lowest BCUT2D eigenvalue weighted by Crippen LogP contribution is -2.28. The SMILES string of the molecule is CNCCCn1ncc(N2CCC(OC)C2)cc1=O. The van der Waals surface area contributed by atoms with Crippen molar-refractivity contribution in [2.75, 3.05) is 38.7 Å². The van der Waals surface area contributed by atoms with Crippen LogP contribution < -0.4 is 15.8 Å². The third-order valence-electron chi connectivity index (χ3n) is 3.50. The third kappa shape index (κ3) is 3.54. The molecule has 0 bridgehead atoms. The van der Waals surface area contributed by atoms with Crippen molar-refractivity contribution in [3.63, 3.8) is 0 Å². The van der Waals surface area contributed by atoms with Crippen LogP contribution in [0.3, 0.4) is 0 Å². The van der Waals surface area contributed by atoms with Crippen LogP contribution in [-0.2, 0) is 11.3 Å². The second-order valence-corrected chi connectivity index (χ2v) is 4.82. The van der Waals surface area contributed by atoms with E-state index in [-0.39, 0.29) is 11.7 Å². The van der Waals surface area contributed by atoms with E-state index in [1.54, 1.807) is 19.4 Å². The van der Waals surface area contributed by atoms with Gasteiger partial charge in [0.15, 0.2) is 0 Å². The first-order valence-corrected chi connectivity index (χ1v) is 6.74. The highest BCUT2D eigenvalue weighted by atomic mass is 16.5. The molecule has 0 aliphatic carbocycles. The molecule has 0 radical (unpaired) electrons. The standard InChI is InChI=1S/C13H22N4O2/c1-14-5-3-6-17-13(18)8-11(9-15-17)16-7-4-12(10-16)19-2/h8-9,12,14H,3-7,10H2,1-2H3. The van der Waals surface area contributed by atoms with E-state index in [9.17, 15) is 4.79 Å². The summed E-state index contributed by atoms with van der Waals surface area (Å²) in [7, 11) is 3.63. The second-order valence-electron chi connectivity index (χ2n) is 4.82. The van der Waals surface area contributed by atoms with Crippen molar-refractivity contribution in [1.82, 2.24) is 15.1 Å². The first-order valence-electron chi connectivity index (χ1n) is 6.74. The summed E-state index contributed by atoms with van der Waals surface area (Å²) in [5, 5.41) is 7.30.